The zero-order valence-electron chi connectivity index (χ0n) is 13.3. The number of nitrogens with zero attached hydrogens (tertiary/aromatic N) is 1. The second-order valence-electron chi connectivity index (χ2n) is 5.78. The van der Waals surface area contributed by atoms with Crippen molar-refractivity contribution in [1.29, 1.82) is 0 Å². The average Bonchev–Trinajstić information content (AvgIpc) is 2.37. The van der Waals surface area contributed by atoms with Gasteiger partial charge in [0, 0.05) is 31.9 Å². The summed E-state index contributed by atoms with van der Waals surface area (Å²) in [5.74, 6) is 0. The largest absolute Gasteiger partial charge is 0.375 e. The molecule has 1 aromatic carbocycles. The average molecular weight is 262 g/mol. The molecular weight excluding hydrogens is 232 g/mol. The normalized spacial score (nSPS) is 11.1. The number of rotatable bonds is 8. The van der Waals surface area contributed by atoms with Crippen molar-refractivity contribution in [3.8, 4) is 0 Å². The van der Waals surface area contributed by atoms with Gasteiger partial charge in [-0.2, -0.15) is 0 Å². The summed E-state index contributed by atoms with van der Waals surface area (Å²) in [5, 5.41) is 3.48. The quantitative estimate of drug-likeness (QED) is 0.709. The molecule has 0 unspecified atom stereocenters. The Hall–Kier alpha value is -1.02. The Morgan fingerprint density at radius 2 is 1.95 bits per heavy atom. The Kier molecular flexibility index (Phi) is 6.93. The lowest BCUT2D eigenvalue weighted by molar-refractivity contribution is 0.587. The van der Waals surface area contributed by atoms with E-state index >= 15 is 0 Å². The first kappa shape index (κ1) is 16.0. The van der Waals surface area contributed by atoms with E-state index < -0.39 is 0 Å². The first-order valence-corrected chi connectivity index (χ1v) is 7.58. The molecule has 0 aliphatic rings. The third-order valence-corrected chi connectivity index (χ3v) is 3.56. The monoisotopic (exact) mass is 262 g/mol. The first-order chi connectivity index (χ1) is 9.04. The van der Waals surface area contributed by atoms with Crippen molar-refractivity contribution in [3.05, 3.63) is 29.3 Å². The van der Waals surface area contributed by atoms with Gasteiger partial charge in [0.05, 0.1) is 0 Å². The predicted octanol–water partition coefficient (Wildman–Crippen LogP) is 4.12. The summed E-state index contributed by atoms with van der Waals surface area (Å²) in [7, 11) is 2.19. The van der Waals surface area contributed by atoms with E-state index in [1.54, 1.807) is 0 Å². The lowest BCUT2D eigenvalue weighted by atomic mass is 10.1. The molecule has 0 saturated carbocycles. The van der Waals surface area contributed by atoms with E-state index in [0.717, 1.165) is 13.1 Å². The van der Waals surface area contributed by atoms with Crippen molar-refractivity contribution in [2.45, 2.75) is 59.5 Å². The van der Waals surface area contributed by atoms with Gasteiger partial charge in [0.1, 0.15) is 0 Å². The summed E-state index contributed by atoms with van der Waals surface area (Å²) in [6, 6.07) is 7.35. The SMILES string of the molecule is CCCCCN(C)c1ccc(CNC(C)C)c(C)c1. The molecule has 2 nitrogen and oxygen atoms in total. The highest BCUT2D eigenvalue weighted by Gasteiger charge is 2.04. The molecule has 0 aliphatic heterocycles. The minimum atomic E-state index is 0.538. The lowest BCUT2D eigenvalue weighted by Crippen LogP contribution is -2.22. The molecule has 1 N–H and O–H groups in total. The summed E-state index contributed by atoms with van der Waals surface area (Å²) in [5.41, 5.74) is 4.12. The number of hydrogen-bond donors (Lipinski definition) is 1. The van der Waals surface area contributed by atoms with Crippen LogP contribution in [0.2, 0.25) is 0 Å². The molecule has 1 rings (SSSR count). The summed E-state index contributed by atoms with van der Waals surface area (Å²) in [6.07, 6.45) is 3.88. The van der Waals surface area contributed by atoms with E-state index in [0.29, 0.717) is 6.04 Å². The van der Waals surface area contributed by atoms with E-state index in [1.165, 1.54) is 36.1 Å². The molecule has 0 bridgehead atoms. The molecule has 19 heavy (non-hydrogen) atoms. The Balaban J connectivity index is 2.59. The first-order valence-electron chi connectivity index (χ1n) is 7.58. The van der Waals surface area contributed by atoms with Gasteiger partial charge >= 0.3 is 0 Å². The second kappa shape index (κ2) is 8.21. The molecule has 0 saturated heterocycles. The number of unbranched alkanes of at least 4 members (excludes halogenated alkanes) is 2. The van der Waals surface area contributed by atoms with Gasteiger partial charge in [-0.3, -0.25) is 0 Å². The molecule has 0 heterocycles. The van der Waals surface area contributed by atoms with E-state index in [9.17, 15) is 0 Å². The lowest BCUT2D eigenvalue weighted by Gasteiger charge is -2.21. The molecule has 0 aromatic heterocycles. The van der Waals surface area contributed by atoms with Gasteiger partial charge in [0.15, 0.2) is 0 Å². The van der Waals surface area contributed by atoms with Crippen molar-refractivity contribution < 1.29 is 0 Å². The molecule has 0 atom stereocenters. The van der Waals surface area contributed by atoms with E-state index in [-0.39, 0.29) is 0 Å². The summed E-state index contributed by atoms with van der Waals surface area (Å²) in [4.78, 5) is 2.36. The number of benzene rings is 1. The predicted molar refractivity (Wildman–Crippen MR) is 85.9 cm³/mol. The van der Waals surface area contributed by atoms with Crippen LogP contribution in [-0.4, -0.2) is 19.6 Å². The third kappa shape index (κ3) is 5.65. The molecule has 0 spiro atoms. The smallest absolute Gasteiger partial charge is 0.0366 e. The summed E-state index contributed by atoms with van der Waals surface area (Å²) >= 11 is 0. The van der Waals surface area contributed by atoms with Crippen LogP contribution < -0.4 is 10.2 Å². The van der Waals surface area contributed by atoms with E-state index in [2.05, 4.69) is 63.2 Å². The zero-order chi connectivity index (χ0) is 14.3. The van der Waals surface area contributed by atoms with Crippen LogP contribution in [0.25, 0.3) is 0 Å². The van der Waals surface area contributed by atoms with Gasteiger partial charge in [0.2, 0.25) is 0 Å². The van der Waals surface area contributed by atoms with Crippen molar-refractivity contribution in [2.24, 2.45) is 0 Å². The van der Waals surface area contributed by atoms with Crippen LogP contribution in [0.4, 0.5) is 5.69 Å². The second-order valence-corrected chi connectivity index (χ2v) is 5.78. The van der Waals surface area contributed by atoms with E-state index in [1.807, 2.05) is 0 Å². The fraction of sp³-hybridized carbons (Fsp3) is 0.647. The Bertz CT molecular complexity index is 372. The van der Waals surface area contributed by atoms with Crippen molar-refractivity contribution in [1.82, 2.24) is 5.32 Å². The van der Waals surface area contributed by atoms with E-state index in [4.69, 9.17) is 0 Å². The molecule has 0 fully saturated rings. The van der Waals surface area contributed by atoms with Crippen molar-refractivity contribution in [2.75, 3.05) is 18.5 Å². The maximum atomic E-state index is 3.48. The Labute approximate surface area is 119 Å². The van der Waals surface area contributed by atoms with Gasteiger partial charge in [-0.25, -0.2) is 0 Å². The van der Waals surface area contributed by atoms with Gasteiger partial charge in [0.25, 0.3) is 0 Å². The van der Waals surface area contributed by atoms with Crippen LogP contribution in [0.15, 0.2) is 18.2 Å². The third-order valence-electron chi connectivity index (χ3n) is 3.56. The van der Waals surface area contributed by atoms with Gasteiger partial charge in [-0.05, 0) is 36.6 Å². The van der Waals surface area contributed by atoms with Crippen molar-refractivity contribution in [3.63, 3.8) is 0 Å². The van der Waals surface area contributed by atoms with Crippen LogP contribution in [0.1, 0.15) is 51.2 Å². The summed E-state index contributed by atoms with van der Waals surface area (Å²) < 4.78 is 0. The molecule has 1 aromatic rings. The van der Waals surface area contributed by atoms with Crippen LogP contribution in [0, 0.1) is 6.92 Å². The highest BCUT2D eigenvalue weighted by Crippen LogP contribution is 2.19. The number of anilines is 1. The van der Waals surface area contributed by atoms with Crippen LogP contribution in [-0.2, 0) is 6.54 Å². The Morgan fingerprint density at radius 1 is 1.21 bits per heavy atom. The maximum absolute atomic E-state index is 3.48. The minimum Gasteiger partial charge on any atom is -0.375 e. The molecular formula is C17H30N2. The fourth-order valence-electron chi connectivity index (χ4n) is 2.16. The van der Waals surface area contributed by atoms with Gasteiger partial charge < -0.3 is 10.2 Å². The Morgan fingerprint density at radius 3 is 2.53 bits per heavy atom. The minimum absolute atomic E-state index is 0.538. The fourth-order valence-corrected chi connectivity index (χ4v) is 2.16. The molecule has 108 valence electrons. The number of aryl methyl sites for hydroxylation is 1. The molecule has 0 aliphatic carbocycles. The molecule has 0 radical (unpaired) electrons. The van der Waals surface area contributed by atoms with Gasteiger partial charge in [-0.15, -0.1) is 0 Å². The zero-order valence-corrected chi connectivity index (χ0v) is 13.3. The van der Waals surface area contributed by atoms with Crippen molar-refractivity contribution >= 4 is 5.69 Å². The molecule has 2 heteroatoms. The highest BCUT2D eigenvalue weighted by atomic mass is 15.1. The standard InChI is InChI=1S/C17H30N2/c1-6-7-8-11-19(5)17-10-9-16(15(4)12-17)13-18-14(2)3/h9-10,12,14,18H,6-8,11,13H2,1-5H3. The van der Waals surface area contributed by atoms with Crippen LogP contribution in [0.3, 0.4) is 0 Å². The van der Waals surface area contributed by atoms with Crippen LogP contribution in [0.5, 0.6) is 0 Å². The summed E-state index contributed by atoms with van der Waals surface area (Å²) in [6.45, 7) is 10.9. The number of nitrogens with one attached hydrogen (secondary N) is 1. The maximum Gasteiger partial charge on any atom is 0.0366 e. The van der Waals surface area contributed by atoms with Crippen LogP contribution >= 0.6 is 0 Å². The number of hydrogen-bond acceptors (Lipinski definition) is 2. The topological polar surface area (TPSA) is 15.3 Å². The highest BCUT2D eigenvalue weighted by molar-refractivity contribution is 5.50. The molecule has 0 amide bonds. The van der Waals surface area contributed by atoms with Gasteiger partial charge in [-0.1, -0.05) is 39.7 Å².